The molecule has 4 rings (SSSR count). The van der Waals surface area contributed by atoms with Crippen molar-refractivity contribution in [3.8, 4) is 5.75 Å². The first-order chi connectivity index (χ1) is 12.5. The van der Waals surface area contributed by atoms with Crippen molar-refractivity contribution in [3.63, 3.8) is 0 Å². The lowest BCUT2D eigenvalue weighted by molar-refractivity contribution is -0.121. The first-order valence-corrected chi connectivity index (χ1v) is 9.11. The molecule has 0 radical (unpaired) electrons. The number of rotatable bonds is 2. The van der Waals surface area contributed by atoms with Gasteiger partial charge in [-0.1, -0.05) is 6.42 Å². The van der Waals surface area contributed by atoms with E-state index >= 15 is 0 Å². The molecule has 138 valence electrons. The monoisotopic (exact) mass is 356 g/mol. The number of nitrogens with two attached hydrogens (primary N) is 2. The van der Waals surface area contributed by atoms with E-state index in [9.17, 15) is 4.79 Å². The van der Waals surface area contributed by atoms with Crippen LogP contribution < -0.4 is 26.0 Å². The Balaban J connectivity index is 1.76. The van der Waals surface area contributed by atoms with E-state index in [1.807, 2.05) is 30.0 Å². The highest BCUT2D eigenvalue weighted by atomic mass is 16.5. The number of ether oxygens (including phenoxy) is 1. The summed E-state index contributed by atoms with van der Waals surface area (Å²) in [6.45, 7) is 2.60. The number of likely N-dealkylation sites (N-methyl/N-ethyl adjacent to an activating group) is 1. The average Bonchev–Trinajstić information content (AvgIpc) is 2.61. The van der Waals surface area contributed by atoms with Gasteiger partial charge in [-0.2, -0.15) is 4.99 Å². The lowest BCUT2D eigenvalue weighted by atomic mass is 9.87. The molecule has 2 heterocycles. The van der Waals surface area contributed by atoms with Crippen LogP contribution in [0.4, 0.5) is 11.4 Å². The Morgan fingerprint density at radius 1 is 1.23 bits per heavy atom. The number of carbonyl (C=O) groups is 1. The largest absolute Gasteiger partial charge is 0.481 e. The molecule has 0 bridgehead atoms. The molecule has 2 aliphatic heterocycles. The van der Waals surface area contributed by atoms with Gasteiger partial charge in [0.2, 0.25) is 11.9 Å². The smallest absolute Gasteiger partial charge is 0.265 e. The van der Waals surface area contributed by atoms with E-state index in [4.69, 9.17) is 16.2 Å². The molecule has 8 nitrogen and oxygen atoms in total. The van der Waals surface area contributed by atoms with Crippen molar-refractivity contribution in [3.05, 3.63) is 18.2 Å². The van der Waals surface area contributed by atoms with E-state index in [0.29, 0.717) is 18.3 Å². The Bertz CT molecular complexity index is 797. The second-order valence-electron chi connectivity index (χ2n) is 6.90. The highest BCUT2D eigenvalue weighted by Crippen LogP contribution is 2.42. The summed E-state index contributed by atoms with van der Waals surface area (Å²) in [7, 11) is 0. The molecule has 1 aromatic rings. The van der Waals surface area contributed by atoms with Gasteiger partial charge < -0.3 is 21.1 Å². The molecular weight excluding hydrogens is 332 g/mol. The van der Waals surface area contributed by atoms with Crippen LogP contribution in [0.1, 0.15) is 39.0 Å². The molecular formula is C18H24N6O2. The van der Waals surface area contributed by atoms with Crippen molar-refractivity contribution < 1.29 is 9.53 Å². The highest BCUT2D eigenvalue weighted by Gasteiger charge is 2.43. The summed E-state index contributed by atoms with van der Waals surface area (Å²) in [6.07, 6.45) is 5.08. The minimum atomic E-state index is -0.489. The number of hydrogen-bond acceptors (Lipinski definition) is 7. The topological polar surface area (TPSA) is 110 Å². The third-order valence-electron chi connectivity index (χ3n) is 5.31. The lowest BCUT2D eigenvalue weighted by Gasteiger charge is -2.45. The summed E-state index contributed by atoms with van der Waals surface area (Å²) < 4.78 is 5.67. The Morgan fingerprint density at radius 3 is 2.73 bits per heavy atom. The first kappa shape index (κ1) is 16.7. The fourth-order valence-corrected chi connectivity index (χ4v) is 4.17. The number of guanidine groups is 2. The maximum atomic E-state index is 12.0. The van der Waals surface area contributed by atoms with Crippen molar-refractivity contribution in [2.75, 3.05) is 23.0 Å². The molecule has 8 heteroatoms. The lowest BCUT2D eigenvalue weighted by Crippen LogP contribution is -2.58. The van der Waals surface area contributed by atoms with Crippen LogP contribution >= 0.6 is 0 Å². The summed E-state index contributed by atoms with van der Waals surface area (Å²) in [6, 6.07) is 5.76. The van der Waals surface area contributed by atoms with Gasteiger partial charge in [0.15, 0.2) is 6.61 Å². The number of aliphatic imine (C=N–C) groups is 2. The van der Waals surface area contributed by atoms with E-state index in [2.05, 4.69) is 9.98 Å². The van der Waals surface area contributed by atoms with Gasteiger partial charge in [0.05, 0.1) is 11.4 Å². The Kier molecular flexibility index (Phi) is 3.97. The molecule has 4 N–H and O–H groups in total. The molecule has 0 atom stereocenters. The predicted octanol–water partition coefficient (Wildman–Crippen LogP) is 1.54. The zero-order chi connectivity index (χ0) is 18.3. The van der Waals surface area contributed by atoms with Crippen LogP contribution in [0, 0.1) is 0 Å². The molecule has 1 aliphatic carbocycles. The summed E-state index contributed by atoms with van der Waals surface area (Å²) in [4.78, 5) is 24.6. The highest BCUT2D eigenvalue weighted by molar-refractivity contribution is 6.06. The van der Waals surface area contributed by atoms with Crippen LogP contribution in [0.3, 0.4) is 0 Å². The van der Waals surface area contributed by atoms with Gasteiger partial charge in [0.25, 0.3) is 5.91 Å². The fraction of sp³-hybridized carbons (Fsp3) is 0.500. The third kappa shape index (κ3) is 2.56. The zero-order valence-electron chi connectivity index (χ0n) is 14.9. The molecule has 1 amide bonds. The maximum absolute atomic E-state index is 12.0. The Hall–Kier alpha value is -2.77. The number of amides is 1. The van der Waals surface area contributed by atoms with Gasteiger partial charge in [-0.25, -0.2) is 4.99 Å². The molecule has 3 aliphatic rings. The van der Waals surface area contributed by atoms with Crippen molar-refractivity contribution in [1.29, 1.82) is 0 Å². The molecule has 0 unspecified atom stereocenters. The van der Waals surface area contributed by atoms with Crippen LogP contribution in [0.15, 0.2) is 28.2 Å². The summed E-state index contributed by atoms with van der Waals surface area (Å²) in [5, 5.41) is 0. The van der Waals surface area contributed by atoms with E-state index in [0.717, 1.165) is 37.1 Å². The Labute approximate surface area is 152 Å². The average molecular weight is 356 g/mol. The van der Waals surface area contributed by atoms with Gasteiger partial charge in [0, 0.05) is 12.6 Å². The van der Waals surface area contributed by atoms with E-state index in [-0.39, 0.29) is 18.5 Å². The fourth-order valence-electron chi connectivity index (χ4n) is 4.17. The minimum Gasteiger partial charge on any atom is -0.481 e. The molecule has 1 saturated carbocycles. The van der Waals surface area contributed by atoms with E-state index in [1.54, 1.807) is 4.90 Å². The first-order valence-electron chi connectivity index (χ1n) is 9.11. The number of anilines is 2. The summed E-state index contributed by atoms with van der Waals surface area (Å²) in [5.74, 6) is 1.22. The molecule has 26 heavy (non-hydrogen) atoms. The number of carbonyl (C=O) groups excluding carboxylic acids is 1. The van der Waals surface area contributed by atoms with Gasteiger partial charge in [-0.3, -0.25) is 9.69 Å². The van der Waals surface area contributed by atoms with Crippen molar-refractivity contribution in [2.24, 2.45) is 21.5 Å². The third-order valence-corrected chi connectivity index (χ3v) is 5.31. The quantitative estimate of drug-likeness (QED) is 0.835. The van der Waals surface area contributed by atoms with Crippen molar-refractivity contribution >= 4 is 29.2 Å². The van der Waals surface area contributed by atoms with Crippen molar-refractivity contribution in [1.82, 2.24) is 0 Å². The predicted molar refractivity (Wildman–Crippen MR) is 102 cm³/mol. The number of benzene rings is 1. The number of nitrogens with zero attached hydrogens (tertiary/aromatic N) is 4. The normalized spacial score (nSPS) is 21.8. The van der Waals surface area contributed by atoms with Crippen LogP contribution in [-0.4, -0.2) is 36.6 Å². The second kappa shape index (κ2) is 6.19. The minimum absolute atomic E-state index is 0.0343. The number of fused-ring (bicyclic) bond motifs is 1. The van der Waals surface area contributed by atoms with E-state index < -0.39 is 5.66 Å². The molecule has 1 fully saturated rings. The summed E-state index contributed by atoms with van der Waals surface area (Å²) >= 11 is 0. The van der Waals surface area contributed by atoms with Crippen LogP contribution in [-0.2, 0) is 4.79 Å². The standard InChI is InChI=1S/C18H24N6O2/c1-2-23-13-7-6-12(10-14(13)26-11-15(23)25)24-17(20)21-16(19)22-18(24)8-4-3-5-9-18/h6-7,10H,2-5,8-9,11H2,1H3,(H4,19,20,21,22). The SMILES string of the molecule is CCN1C(=O)COc2cc(N3C(N)=NC(N)=NC34CCCCC4)ccc21. The summed E-state index contributed by atoms with van der Waals surface area (Å²) in [5.41, 5.74) is 13.3. The molecule has 0 saturated heterocycles. The van der Waals surface area contributed by atoms with Gasteiger partial charge >= 0.3 is 0 Å². The van der Waals surface area contributed by atoms with Crippen LogP contribution in [0.2, 0.25) is 0 Å². The maximum Gasteiger partial charge on any atom is 0.265 e. The Morgan fingerprint density at radius 2 is 2.00 bits per heavy atom. The van der Waals surface area contributed by atoms with Gasteiger partial charge in [-0.15, -0.1) is 0 Å². The van der Waals surface area contributed by atoms with Crippen molar-refractivity contribution in [2.45, 2.75) is 44.7 Å². The van der Waals surface area contributed by atoms with Crippen LogP contribution in [0.5, 0.6) is 5.75 Å². The zero-order valence-corrected chi connectivity index (χ0v) is 14.9. The van der Waals surface area contributed by atoms with Crippen LogP contribution in [0.25, 0.3) is 0 Å². The number of hydrogen-bond donors (Lipinski definition) is 2. The molecule has 1 spiro atoms. The molecule has 0 aromatic heterocycles. The molecule has 1 aromatic carbocycles. The second-order valence-corrected chi connectivity index (χ2v) is 6.90. The van der Waals surface area contributed by atoms with E-state index in [1.165, 1.54) is 6.42 Å². The van der Waals surface area contributed by atoms with Gasteiger partial charge in [0.1, 0.15) is 11.4 Å². The van der Waals surface area contributed by atoms with Gasteiger partial charge in [-0.05, 0) is 44.7 Å².